The molecule has 2 aromatic carbocycles. The summed E-state index contributed by atoms with van der Waals surface area (Å²) in [7, 11) is 0. The Labute approximate surface area is 209 Å². The number of pyridine rings is 1. The van der Waals surface area contributed by atoms with E-state index < -0.39 is 0 Å². The van der Waals surface area contributed by atoms with Crippen molar-refractivity contribution in [1.82, 2.24) is 34.7 Å². The maximum atomic E-state index is 13.6. The molecule has 0 spiro atoms. The van der Waals surface area contributed by atoms with Crippen LogP contribution in [0.5, 0.6) is 0 Å². The molecule has 0 unspecified atom stereocenters. The van der Waals surface area contributed by atoms with Gasteiger partial charge in [-0.25, -0.2) is 9.89 Å². The lowest BCUT2D eigenvalue weighted by atomic mass is 10.0. The van der Waals surface area contributed by atoms with Crippen LogP contribution in [0.1, 0.15) is 49.9 Å². The molecule has 3 aromatic heterocycles. The van der Waals surface area contributed by atoms with Crippen molar-refractivity contribution < 1.29 is 0 Å². The largest absolute Gasteiger partial charge is 0.333 e. The van der Waals surface area contributed by atoms with E-state index in [1.54, 1.807) is 10.8 Å². The minimum Gasteiger partial charge on any atom is -0.292 e. The molecular formula is C28H29N7O. The third-order valence-electron chi connectivity index (χ3n) is 6.36. The molecule has 182 valence electrons. The molecule has 8 nitrogen and oxygen atoms in total. The van der Waals surface area contributed by atoms with Crippen molar-refractivity contribution in [3.63, 3.8) is 0 Å². The molecule has 0 saturated carbocycles. The van der Waals surface area contributed by atoms with Crippen LogP contribution in [0.4, 0.5) is 0 Å². The lowest BCUT2D eigenvalue weighted by molar-refractivity contribution is 0.690. The highest BCUT2D eigenvalue weighted by Crippen LogP contribution is 2.28. The average molecular weight is 480 g/mol. The third-order valence-corrected chi connectivity index (χ3v) is 6.36. The Morgan fingerprint density at radius 3 is 2.53 bits per heavy atom. The maximum absolute atomic E-state index is 13.6. The molecular weight excluding hydrogens is 450 g/mol. The summed E-state index contributed by atoms with van der Waals surface area (Å²) in [6, 6.07) is 20.1. The second kappa shape index (κ2) is 10.1. The maximum Gasteiger partial charge on any atom is 0.333 e. The zero-order valence-electron chi connectivity index (χ0n) is 20.7. The van der Waals surface area contributed by atoms with Gasteiger partial charge in [0.1, 0.15) is 0 Å². The van der Waals surface area contributed by atoms with E-state index in [1.165, 1.54) is 0 Å². The highest BCUT2D eigenvalue weighted by molar-refractivity contribution is 5.76. The summed E-state index contributed by atoms with van der Waals surface area (Å²) >= 11 is 0. The van der Waals surface area contributed by atoms with E-state index in [0.717, 1.165) is 52.2 Å². The molecule has 5 rings (SSSR count). The molecule has 0 amide bonds. The van der Waals surface area contributed by atoms with E-state index >= 15 is 0 Å². The Bertz CT molecular complexity index is 1510. The summed E-state index contributed by atoms with van der Waals surface area (Å²) in [4.78, 5) is 18.2. The van der Waals surface area contributed by atoms with Crippen LogP contribution in [-0.4, -0.2) is 34.7 Å². The number of H-pyrrole nitrogens is 1. The first-order valence-electron chi connectivity index (χ1n) is 12.3. The molecule has 0 saturated heterocycles. The summed E-state index contributed by atoms with van der Waals surface area (Å²) in [5.41, 5.74) is 6.77. The number of nitrogens with zero attached hydrogens (tertiary/aromatic N) is 6. The van der Waals surface area contributed by atoms with Gasteiger partial charge < -0.3 is 0 Å². The lowest BCUT2D eigenvalue weighted by Crippen LogP contribution is -2.25. The predicted octanol–water partition coefficient (Wildman–Crippen LogP) is 5.01. The van der Waals surface area contributed by atoms with Crippen LogP contribution in [0.15, 0.2) is 77.9 Å². The van der Waals surface area contributed by atoms with Gasteiger partial charge in [0.2, 0.25) is 0 Å². The molecule has 0 aliphatic rings. The van der Waals surface area contributed by atoms with Gasteiger partial charge in [0, 0.05) is 29.2 Å². The number of aromatic nitrogens is 7. The highest BCUT2D eigenvalue weighted by atomic mass is 16.1. The Kier molecular flexibility index (Phi) is 6.58. The highest BCUT2D eigenvalue weighted by Gasteiger charge is 2.16. The fourth-order valence-electron chi connectivity index (χ4n) is 4.57. The number of hydrogen-bond acceptors (Lipinski definition) is 5. The molecule has 3 heterocycles. The topological polar surface area (TPSA) is 94.3 Å². The Morgan fingerprint density at radius 1 is 1.00 bits per heavy atom. The van der Waals surface area contributed by atoms with Gasteiger partial charge in [-0.05, 0) is 52.1 Å². The zero-order valence-corrected chi connectivity index (χ0v) is 20.7. The van der Waals surface area contributed by atoms with Crippen molar-refractivity contribution in [3.05, 3.63) is 100 Å². The number of nitrogens with one attached hydrogen (secondary N) is 1. The molecule has 0 fully saturated rings. The molecule has 5 aromatic rings. The van der Waals surface area contributed by atoms with E-state index in [0.29, 0.717) is 18.3 Å². The summed E-state index contributed by atoms with van der Waals surface area (Å²) in [6.45, 7) is 6.95. The van der Waals surface area contributed by atoms with Gasteiger partial charge in [-0.1, -0.05) is 69.7 Å². The van der Waals surface area contributed by atoms with Gasteiger partial charge in [0.25, 0.3) is 0 Å². The second-order valence-corrected chi connectivity index (χ2v) is 9.17. The van der Waals surface area contributed by atoms with Crippen LogP contribution in [0.3, 0.4) is 0 Å². The predicted molar refractivity (Wildman–Crippen MR) is 140 cm³/mol. The van der Waals surface area contributed by atoms with Gasteiger partial charge in [-0.15, -0.1) is 5.10 Å². The smallest absolute Gasteiger partial charge is 0.292 e. The summed E-state index contributed by atoms with van der Waals surface area (Å²) in [6.07, 6.45) is 5.57. The van der Waals surface area contributed by atoms with E-state index in [-0.39, 0.29) is 5.69 Å². The molecule has 0 atom stereocenters. The lowest BCUT2D eigenvalue weighted by Gasteiger charge is -2.12. The summed E-state index contributed by atoms with van der Waals surface area (Å²) in [5, 5.41) is 14.2. The molecule has 0 aliphatic heterocycles. The first-order valence-corrected chi connectivity index (χ1v) is 12.3. The van der Waals surface area contributed by atoms with Crippen molar-refractivity contribution in [1.29, 1.82) is 0 Å². The van der Waals surface area contributed by atoms with Gasteiger partial charge in [0.05, 0.1) is 17.9 Å². The van der Waals surface area contributed by atoms with Crippen LogP contribution in [0.2, 0.25) is 0 Å². The molecule has 0 radical (unpaired) electrons. The number of tetrazole rings is 1. The molecule has 0 aliphatic carbocycles. The number of hydrogen-bond donors (Lipinski definition) is 1. The van der Waals surface area contributed by atoms with Crippen molar-refractivity contribution in [3.8, 4) is 28.3 Å². The van der Waals surface area contributed by atoms with Crippen LogP contribution in [-0.2, 0) is 13.0 Å². The molecule has 0 bridgehead atoms. The minimum absolute atomic E-state index is 0.0135. The molecule has 1 N–H and O–H groups in total. The van der Waals surface area contributed by atoms with Crippen molar-refractivity contribution >= 4 is 0 Å². The van der Waals surface area contributed by atoms with Crippen LogP contribution in [0, 0.1) is 0 Å². The third kappa shape index (κ3) is 4.49. The van der Waals surface area contributed by atoms with Gasteiger partial charge in [0.15, 0.2) is 5.82 Å². The number of imidazole rings is 1. The molecule has 8 heteroatoms. The van der Waals surface area contributed by atoms with Gasteiger partial charge in [-0.2, -0.15) is 0 Å². The Hall–Kier alpha value is -4.33. The fraction of sp³-hybridized carbons (Fsp3) is 0.250. The summed E-state index contributed by atoms with van der Waals surface area (Å²) < 4.78 is 3.70. The number of aromatic amines is 1. The Morgan fingerprint density at radius 2 is 1.81 bits per heavy atom. The normalized spacial score (nSPS) is 11.3. The van der Waals surface area contributed by atoms with Gasteiger partial charge >= 0.3 is 5.69 Å². The number of benzene rings is 2. The number of aryl methyl sites for hydroxylation is 1. The van der Waals surface area contributed by atoms with E-state index in [4.69, 9.17) is 0 Å². The first-order chi connectivity index (χ1) is 17.6. The Balaban J connectivity index is 1.49. The standard InChI is InChI=1S/C28H29N7O/c1-4-8-22-18-35(25-11-6-5-9-23(25)19(2)3)28(36)34(22)17-20-12-14-21(15-13-20)26-24(10-7-16-29-26)27-30-32-33-31-27/h5-7,9-16,18-19H,4,8,17H2,1-3H3,(H,30,31,32,33). The second-order valence-electron chi connectivity index (χ2n) is 9.17. The minimum atomic E-state index is -0.0135. The monoisotopic (exact) mass is 479 g/mol. The van der Waals surface area contributed by atoms with Crippen LogP contribution < -0.4 is 5.69 Å². The van der Waals surface area contributed by atoms with E-state index in [9.17, 15) is 4.79 Å². The summed E-state index contributed by atoms with van der Waals surface area (Å²) in [5.74, 6) is 0.892. The average Bonchev–Trinajstić information content (AvgIpc) is 3.54. The SMILES string of the molecule is CCCc1cn(-c2ccccc2C(C)C)c(=O)n1Cc1ccc(-c2ncccc2-c2nnn[nH]2)cc1. The van der Waals surface area contributed by atoms with Crippen LogP contribution >= 0.6 is 0 Å². The quantitative estimate of drug-likeness (QED) is 0.338. The number of rotatable bonds is 8. The van der Waals surface area contributed by atoms with Gasteiger partial charge in [-0.3, -0.25) is 14.1 Å². The van der Waals surface area contributed by atoms with E-state index in [1.807, 2.05) is 65.4 Å². The fourth-order valence-corrected chi connectivity index (χ4v) is 4.57. The van der Waals surface area contributed by atoms with Crippen molar-refractivity contribution in [2.45, 2.75) is 46.1 Å². The zero-order chi connectivity index (χ0) is 25.1. The molecule has 36 heavy (non-hydrogen) atoms. The first kappa shape index (κ1) is 23.4. The van der Waals surface area contributed by atoms with Crippen molar-refractivity contribution in [2.24, 2.45) is 0 Å². The van der Waals surface area contributed by atoms with E-state index in [2.05, 4.69) is 52.4 Å². The van der Waals surface area contributed by atoms with Crippen molar-refractivity contribution in [2.75, 3.05) is 0 Å². The number of para-hydroxylation sites is 1. The van der Waals surface area contributed by atoms with Crippen LogP contribution in [0.25, 0.3) is 28.3 Å².